The molecule has 0 aliphatic carbocycles. The SMILES string of the molecule is COc1ccc(/C=C/C(=O)Nc2cc(C)nn2-c2ccc3ccccc3n2)c(OC)c1. The Bertz CT molecular complexity index is 1280. The molecule has 0 saturated heterocycles. The van der Waals surface area contributed by atoms with E-state index >= 15 is 0 Å². The third-order valence-electron chi connectivity index (χ3n) is 4.74. The second-order valence-corrected chi connectivity index (χ2v) is 6.88. The van der Waals surface area contributed by atoms with Gasteiger partial charge in [-0.1, -0.05) is 18.2 Å². The molecule has 0 aliphatic heterocycles. The topological polar surface area (TPSA) is 78.3 Å². The number of nitrogens with zero attached hydrogens (tertiary/aromatic N) is 3. The second kappa shape index (κ2) is 8.71. The number of hydrogen-bond donors (Lipinski definition) is 1. The van der Waals surface area contributed by atoms with E-state index in [1.807, 2.05) is 55.5 Å². The number of fused-ring (bicyclic) bond motifs is 1. The molecule has 0 atom stereocenters. The largest absolute Gasteiger partial charge is 0.497 e. The van der Waals surface area contributed by atoms with Gasteiger partial charge in [0.25, 0.3) is 0 Å². The van der Waals surface area contributed by atoms with E-state index in [1.165, 1.54) is 6.08 Å². The fourth-order valence-electron chi connectivity index (χ4n) is 3.23. The maximum Gasteiger partial charge on any atom is 0.249 e. The van der Waals surface area contributed by atoms with Crippen LogP contribution in [0.1, 0.15) is 11.3 Å². The van der Waals surface area contributed by atoms with Gasteiger partial charge in [0.15, 0.2) is 5.82 Å². The zero-order chi connectivity index (χ0) is 21.8. The van der Waals surface area contributed by atoms with Crippen LogP contribution in [-0.2, 0) is 4.79 Å². The number of aromatic nitrogens is 3. The summed E-state index contributed by atoms with van der Waals surface area (Å²) < 4.78 is 12.2. The third-order valence-corrected chi connectivity index (χ3v) is 4.74. The summed E-state index contributed by atoms with van der Waals surface area (Å²) in [6.45, 7) is 1.87. The monoisotopic (exact) mass is 414 g/mol. The molecule has 2 aromatic carbocycles. The molecule has 0 bridgehead atoms. The van der Waals surface area contributed by atoms with E-state index in [1.54, 1.807) is 37.1 Å². The Morgan fingerprint density at radius 2 is 1.87 bits per heavy atom. The molecule has 1 N–H and O–H groups in total. The Morgan fingerprint density at radius 3 is 2.68 bits per heavy atom. The van der Waals surface area contributed by atoms with Crippen LogP contribution in [0, 0.1) is 6.92 Å². The molecular formula is C24H22N4O3. The molecule has 4 rings (SSSR count). The van der Waals surface area contributed by atoms with Crippen molar-refractivity contribution in [2.75, 3.05) is 19.5 Å². The summed E-state index contributed by atoms with van der Waals surface area (Å²) in [5.74, 6) is 2.17. The van der Waals surface area contributed by atoms with Crippen LogP contribution in [0.25, 0.3) is 22.8 Å². The van der Waals surface area contributed by atoms with Gasteiger partial charge < -0.3 is 14.8 Å². The van der Waals surface area contributed by atoms with Crippen molar-refractivity contribution < 1.29 is 14.3 Å². The normalized spacial score (nSPS) is 11.1. The lowest BCUT2D eigenvalue weighted by Gasteiger charge is -2.08. The minimum atomic E-state index is -0.292. The Balaban J connectivity index is 1.57. The molecule has 4 aromatic rings. The van der Waals surface area contributed by atoms with E-state index in [4.69, 9.17) is 9.47 Å². The first-order valence-corrected chi connectivity index (χ1v) is 9.71. The quantitative estimate of drug-likeness (QED) is 0.473. The zero-order valence-electron chi connectivity index (χ0n) is 17.5. The molecule has 156 valence electrons. The number of amides is 1. The first-order valence-electron chi connectivity index (χ1n) is 9.71. The van der Waals surface area contributed by atoms with Crippen molar-refractivity contribution in [2.24, 2.45) is 0 Å². The number of hydrogen-bond acceptors (Lipinski definition) is 5. The molecule has 2 aromatic heterocycles. The van der Waals surface area contributed by atoms with Gasteiger partial charge in [0, 0.05) is 29.2 Å². The number of para-hydroxylation sites is 1. The average molecular weight is 414 g/mol. The minimum Gasteiger partial charge on any atom is -0.497 e. The van der Waals surface area contributed by atoms with E-state index in [2.05, 4.69) is 15.4 Å². The molecule has 7 nitrogen and oxygen atoms in total. The van der Waals surface area contributed by atoms with Crippen LogP contribution < -0.4 is 14.8 Å². The lowest BCUT2D eigenvalue weighted by Crippen LogP contribution is -2.13. The van der Waals surface area contributed by atoms with Crippen molar-refractivity contribution in [3.05, 3.63) is 78.0 Å². The smallest absolute Gasteiger partial charge is 0.249 e. The van der Waals surface area contributed by atoms with Crippen molar-refractivity contribution in [1.29, 1.82) is 0 Å². The first kappa shape index (κ1) is 20.2. The first-order chi connectivity index (χ1) is 15.1. The zero-order valence-corrected chi connectivity index (χ0v) is 17.5. The number of carbonyl (C=O) groups excluding carboxylic acids is 1. The number of rotatable bonds is 6. The standard InChI is InChI=1S/C24H22N4O3/c1-16-14-23(28(27-16)22-12-9-17-6-4-5-7-20(17)25-22)26-24(29)13-10-18-8-11-19(30-2)15-21(18)31-3/h4-15H,1-3H3,(H,26,29)/b13-10+. The Morgan fingerprint density at radius 1 is 1.03 bits per heavy atom. The highest BCUT2D eigenvalue weighted by atomic mass is 16.5. The Hall–Kier alpha value is -4.13. The van der Waals surface area contributed by atoms with E-state index in [0.29, 0.717) is 23.1 Å². The summed E-state index contributed by atoms with van der Waals surface area (Å²) in [6, 6.07) is 18.9. The number of aryl methyl sites for hydroxylation is 1. The molecule has 0 spiro atoms. The second-order valence-electron chi connectivity index (χ2n) is 6.88. The Kier molecular flexibility index (Phi) is 5.66. The molecule has 0 aliphatic rings. The van der Waals surface area contributed by atoms with Gasteiger partial charge in [0.1, 0.15) is 17.3 Å². The summed E-state index contributed by atoms with van der Waals surface area (Å²) in [7, 11) is 3.16. The van der Waals surface area contributed by atoms with Crippen LogP contribution in [0.4, 0.5) is 5.82 Å². The van der Waals surface area contributed by atoms with Gasteiger partial charge >= 0.3 is 0 Å². The average Bonchev–Trinajstić information content (AvgIpc) is 3.16. The van der Waals surface area contributed by atoms with E-state index < -0.39 is 0 Å². The van der Waals surface area contributed by atoms with Gasteiger partial charge in [-0.2, -0.15) is 9.78 Å². The number of nitrogens with one attached hydrogen (secondary N) is 1. The molecule has 2 heterocycles. The molecule has 0 fully saturated rings. The van der Waals surface area contributed by atoms with Crippen molar-refractivity contribution in [1.82, 2.24) is 14.8 Å². The number of carbonyl (C=O) groups is 1. The van der Waals surface area contributed by atoms with Crippen LogP contribution >= 0.6 is 0 Å². The van der Waals surface area contributed by atoms with Crippen LogP contribution in [0.15, 0.2) is 66.7 Å². The summed E-state index contributed by atoms with van der Waals surface area (Å²) in [4.78, 5) is 17.3. The Labute approximate surface area is 179 Å². The number of methoxy groups -OCH3 is 2. The molecule has 7 heteroatoms. The highest BCUT2D eigenvalue weighted by Gasteiger charge is 2.11. The number of anilines is 1. The molecule has 0 unspecified atom stereocenters. The van der Waals surface area contributed by atoms with Gasteiger partial charge in [-0.15, -0.1) is 0 Å². The number of ether oxygens (including phenoxy) is 2. The van der Waals surface area contributed by atoms with Crippen molar-refractivity contribution >= 4 is 28.7 Å². The highest BCUT2D eigenvalue weighted by Crippen LogP contribution is 2.25. The molecule has 0 radical (unpaired) electrons. The number of benzene rings is 2. The summed E-state index contributed by atoms with van der Waals surface area (Å²) in [5, 5.41) is 8.40. The molecule has 0 saturated carbocycles. The fourth-order valence-corrected chi connectivity index (χ4v) is 3.23. The van der Waals surface area contributed by atoms with E-state index in [0.717, 1.165) is 22.2 Å². The predicted molar refractivity (Wildman–Crippen MR) is 121 cm³/mol. The predicted octanol–water partition coefficient (Wildman–Crippen LogP) is 4.40. The maximum atomic E-state index is 12.6. The summed E-state index contributed by atoms with van der Waals surface area (Å²) in [6.07, 6.45) is 3.14. The van der Waals surface area contributed by atoms with E-state index in [-0.39, 0.29) is 5.91 Å². The molecule has 1 amide bonds. The highest BCUT2D eigenvalue weighted by molar-refractivity contribution is 6.01. The summed E-state index contributed by atoms with van der Waals surface area (Å²) in [5.41, 5.74) is 2.39. The van der Waals surface area contributed by atoms with Crippen molar-refractivity contribution in [2.45, 2.75) is 6.92 Å². The van der Waals surface area contributed by atoms with Gasteiger partial charge in [-0.3, -0.25) is 4.79 Å². The van der Waals surface area contributed by atoms with Gasteiger partial charge in [-0.05, 0) is 43.3 Å². The van der Waals surface area contributed by atoms with Crippen LogP contribution in [0.3, 0.4) is 0 Å². The van der Waals surface area contributed by atoms with Crippen molar-refractivity contribution in [3.8, 4) is 17.3 Å². The lowest BCUT2D eigenvalue weighted by molar-refractivity contribution is -0.111. The van der Waals surface area contributed by atoms with Crippen molar-refractivity contribution in [3.63, 3.8) is 0 Å². The maximum absolute atomic E-state index is 12.6. The lowest BCUT2D eigenvalue weighted by atomic mass is 10.1. The molecular weight excluding hydrogens is 392 g/mol. The van der Waals surface area contributed by atoms with Crippen LogP contribution in [-0.4, -0.2) is 34.9 Å². The van der Waals surface area contributed by atoms with Gasteiger partial charge in [-0.25, -0.2) is 4.98 Å². The summed E-state index contributed by atoms with van der Waals surface area (Å²) >= 11 is 0. The van der Waals surface area contributed by atoms with Gasteiger partial charge in [0.2, 0.25) is 5.91 Å². The third kappa shape index (κ3) is 4.40. The molecule has 31 heavy (non-hydrogen) atoms. The van der Waals surface area contributed by atoms with Crippen LogP contribution in [0.2, 0.25) is 0 Å². The number of pyridine rings is 1. The fraction of sp³-hybridized carbons (Fsp3) is 0.125. The van der Waals surface area contributed by atoms with Gasteiger partial charge in [0.05, 0.1) is 25.4 Å². The van der Waals surface area contributed by atoms with Crippen LogP contribution in [0.5, 0.6) is 11.5 Å². The minimum absolute atomic E-state index is 0.292. The van der Waals surface area contributed by atoms with E-state index in [9.17, 15) is 4.79 Å².